The summed E-state index contributed by atoms with van der Waals surface area (Å²) in [5.74, 6) is -0.674. The second-order valence-corrected chi connectivity index (χ2v) is 3.94. The number of hydrogen-bond donors (Lipinski definition) is 2. The first-order valence-electron chi connectivity index (χ1n) is 5.70. The van der Waals surface area contributed by atoms with Gasteiger partial charge in [0.1, 0.15) is 5.56 Å². The number of rotatable bonds is 9. The maximum absolute atomic E-state index is 10.8. The van der Waals surface area contributed by atoms with Crippen LogP contribution in [0.3, 0.4) is 0 Å². The molecule has 1 rings (SSSR count). The van der Waals surface area contributed by atoms with Gasteiger partial charge < -0.3 is 24.6 Å². The first kappa shape index (κ1) is 14.6. The fraction of sp³-hybridized carbons (Fsp3) is 0.636. The molecule has 7 heteroatoms. The summed E-state index contributed by atoms with van der Waals surface area (Å²) >= 11 is 0. The van der Waals surface area contributed by atoms with Crippen molar-refractivity contribution in [3.05, 3.63) is 17.5 Å². The van der Waals surface area contributed by atoms with Gasteiger partial charge in [0.25, 0.3) is 0 Å². The molecule has 0 atom stereocenters. The lowest BCUT2D eigenvalue weighted by molar-refractivity contribution is 0.0694. The van der Waals surface area contributed by atoms with Crippen LogP contribution >= 0.6 is 0 Å². The van der Waals surface area contributed by atoms with E-state index in [2.05, 4.69) is 15.4 Å². The topological polar surface area (TPSA) is 87.8 Å². The predicted octanol–water partition coefficient (Wildman–Crippen LogP) is 0.0406. The van der Waals surface area contributed by atoms with Gasteiger partial charge in [-0.3, -0.25) is 0 Å². The number of methoxy groups -OCH3 is 1. The van der Waals surface area contributed by atoms with E-state index in [0.717, 1.165) is 19.6 Å². The largest absolute Gasteiger partial charge is 0.478 e. The fourth-order valence-corrected chi connectivity index (χ4v) is 1.40. The molecule has 0 aliphatic carbocycles. The Labute approximate surface area is 106 Å². The van der Waals surface area contributed by atoms with Crippen LogP contribution in [0.2, 0.25) is 0 Å². The van der Waals surface area contributed by atoms with Gasteiger partial charge in [0, 0.05) is 26.7 Å². The number of ether oxygens (including phenoxy) is 1. The summed E-state index contributed by atoms with van der Waals surface area (Å²) in [4.78, 5) is 12.9. The normalized spacial score (nSPS) is 11.1. The van der Waals surface area contributed by atoms with E-state index < -0.39 is 5.97 Å². The quantitative estimate of drug-likeness (QED) is 0.604. The molecule has 0 amide bonds. The first-order valence-corrected chi connectivity index (χ1v) is 5.70. The van der Waals surface area contributed by atoms with E-state index in [9.17, 15) is 4.79 Å². The molecule has 7 nitrogen and oxygen atoms in total. The molecule has 0 fully saturated rings. The Morgan fingerprint density at radius 2 is 2.39 bits per heavy atom. The number of aromatic nitrogens is 1. The Morgan fingerprint density at radius 1 is 1.61 bits per heavy atom. The average molecular weight is 257 g/mol. The number of carboxylic acid groups (broad SMARTS) is 1. The maximum Gasteiger partial charge on any atom is 0.341 e. The molecular weight excluding hydrogens is 238 g/mol. The molecule has 0 aliphatic heterocycles. The standard InChI is InChI=1S/C11H19N3O4/c1-14(5-6-17-2)4-3-12-8-10-9(11(15)16)7-13-18-10/h7,12H,3-6,8H2,1-2H3,(H,15,16). The van der Waals surface area contributed by atoms with Crippen molar-refractivity contribution < 1.29 is 19.2 Å². The van der Waals surface area contributed by atoms with Crippen LogP contribution in [0.25, 0.3) is 0 Å². The lowest BCUT2D eigenvalue weighted by atomic mass is 10.2. The third kappa shape index (κ3) is 4.82. The average Bonchev–Trinajstić information content (AvgIpc) is 2.80. The number of nitrogens with one attached hydrogen (secondary N) is 1. The van der Waals surface area contributed by atoms with Crippen molar-refractivity contribution in [2.45, 2.75) is 6.54 Å². The van der Waals surface area contributed by atoms with Gasteiger partial charge in [-0.15, -0.1) is 0 Å². The molecule has 0 spiro atoms. The number of aromatic carboxylic acids is 1. The Kier molecular flexibility index (Phi) is 6.34. The van der Waals surface area contributed by atoms with Gasteiger partial charge in [-0.1, -0.05) is 5.16 Å². The van der Waals surface area contributed by atoms with E-state index in [1.54, 1.807) is 7.11 Å². The van der Waals surface area contributed by atoms with E-state index in [0.29, 0.717) is 18.9 Å². The van der Waals surface area contributed by atoms with Crippen LogP contribution in [0.5, 0.6) is 0 Å². The Hall–Kier alpha value is -1.44. The van der Waals surface area contributed by atoms with Crippen LogP contribution in [0.1, 0.15) is 16.1 Å². The predicted molar refractivity (Wildman–Crippen MR) is 64.5 cm³/mol. The molecule has 2 N–H and O–H groups in total. The summed E-state index contributed by atoms with van der Waals surface area (Å²) in [5, 5.41) is 15.4. The molecule has 1 aromatic heterocycles. The van der Waals surface area contributed by atoms with Crippen molar-refractivity contribution in [2.75, 3.05) is 40.4 Å². The summed E-state index contributed by atoms with van der Waals surface area (Å²) in [5.41, 5.74) is 0.107. The molecule has 0 saturated carbocycles. The molecule has 1 aromatic rings. The van der Waals surface area contributed by atoms with Crippen molar-refractivity contribution in [3.63, 3.8) is 0 Å². The molecule has 0 saturated heterocycles. The zero-order valence-corrected chi connectivity index (χ0v) is 10.7. The molecule has 0 radical (unpaired) electrons. The molecule has 102 valence electrons. The second kappa shape index (κ2) is 7.80. The molecule has 0 bridgehead atoms. The fourth-order valence-electron chi connectivity index (χ4n) is 1.40. The van der Waals surface area contributed by atoms with Crippen molar-refractivity contribution in [2.24, 2.45) is 0 Å². The number of hydrogen-bond acceptors (Lipinski definition) is 6. The highest BCUT2D eigenvalue weighted by molar-refractivity contribution is 5.88. The summed E-state index contributed by atoms with van der Waals surface area (Å²) in [6.07, 6.45) is 1.21. The maximum atomic E-state index is 10.8. The van der Waals surface area contributed by atoms with E-state index in [-0.39, 0.29) is 5.56 Å². The van der Waals surface area contributed by atoms with Crippen LogP contribution in [0.4, 0.5) is 0 Å². The van der Waals surface area contributed by atoms with Gasteiger partial charge in [-0.2, -0.15) is 0 Å². The monoisotopic (exact) mass is 257 g/mol. The van der Waals surface area contributed by atoms with Gasteiger partial charge in [-0.25, -0.2) is 4.79 Å². The van der Waals surface area contributed by atoms with Gasteiger partial charge in [0.2, 0.25) is 0 Å². The van der Waals surface area contributed by atoms with Gasteiger partial charge in [0.05, 0.1) is 19.3 Å². The number of carbonyl (C=O) groups is 1. The Bertz CT molecular complexity index is 367. The lowest BCUT2D eigenvalue weighted by Crippen LogP contribution is -2.31. The highest BCUT2D eigenvalue weighted by Crippen LogP contribution is 2.06. The van der Waals surface area contributed by atoms with Crippen molar-refractivity contribution in [1.82, 2.24) is 15.4 Å². The van der Waals surface area contributed by atoms with E-state index in [4.69, 9.17) is 14.4 Å². The van der Waals surface area contributed by atoms with Crippen LogP contribution < -0.4 is 5.32 Å². The Morgan fingerprint density at radius 3 is 3.06 bits per heavy atom. The van der Waals surface area contributed by atoms with Crippen molar-refractivity contribution in [3.8, 4) is 0 Å². The zero-order valence-electron chi connectivity index (χ0n) is 10.7. The SMILES string of the molecule is COCCN(C)CCNCc1oncc1C(=O)O. The first-order chi connectivity index (χ1) is 8.65. The third-order valence-electron chi connectivity index (χ3n) is 2.51. The summed E-state index contributed by atoms with van der Waals surface area (Å²) < 4.78 is 9.84. The molecule has 0 unspecified atom stereocenters. The molecule has 1 heterocycles. The number of carboxylic acids is 1. The lowest BCUT2D eigenvalue weighted by Gasteiger charge is -2.15. The van der Waals surface area contributed by atoms with Gasteiger partial charge in [-0.05, 0) is 7.05 Å². The molecule has 0 aliphatic rings. The van der Waals surface area contributed by atoms with E-state index >= 15 is 0 Å². The van der Waals surface area contributed by atoms with Crippen molar-refractivity contribution >= 4 is 5.97 Å². The summed E-state index contributed by atoms with van der Waals surface area (Å²) in [6, 6.07) is 0. The minimum atomic E-state index is -1.02. The highest BCUT2D eigenvalue weighted by Gasteiger charge is 2.14. The molecule has 0 aromatic carbocycles. The summed E-state index contributed by atoms with van der Waals surface area (Å²) in [6.45, 7) is 3.50. The Balaban J connectivity index is 2.21. The van der Waals surface area contributed by atoms with Gasteiger partial charge >= 0.3 is 5.97 Å². The van der Waals surface area contributed by atoms with Gasteiger partial charge in [0.15, 0.2) is 5.76 Å². The minimum Gasteiger partial charge on any atom is -0.478 e. The van der Waals surface area contributed by atoms with Crippen LogP contribution in [-0.4, -0.2) is 61.5 Å². The molecule has 18 heavy (non-hydrogen) atoms. The second-order valence-electron chi connectivity index (χ2n) is 3.94. The summed E-state index contributed by atoms with van der Waals surface area (Å²) in [7, 11) is 3.67. The van der Waals surface area contributed by atoms with Crippen molar-refractivity contribution in [1.29, 1.82) is 0 Å². The number of likely N-dealkylation sites (N-methyl/N-ethyl adjacent to an activating group) is 1. The zero-order chi connectivity index (χ0) is 13.4. The number of nitrogens with zero attached hydrogens (tertiary/aromatic N) is 2. The third-order valence-corrected chi connectivity index (χ3v) is 2.51. The van der Waals surface area contributed by atoms with E-state index in [1.165, 1.54) is 6.20 Å². The molecular formula is C11H19N3O4. The van der Waals surface area contributed by atoms with Crippen LogP contribution in [-0.2, 0) is 11.3 Å². The van der Waals surface area contributed by atoms with E-state index in [1.807, 2.05) is 7.05 Å². The highest BCUT2D eigenvalue weighted by atomic mass is 16.5. The smallest absolute Gasteiger partial charge is 0.341 e. The minimum absolute atomic E-state index is 0.107. The van der Waals surface area contributed by atoms with Crippen LogP contribution in [0, 0.1) is 0 Å². The van der Waals surface area contributed by atoms with Crippen LogP contribution in [0.15, 0.2) is 10.7 Å².